The maximum absolute atomic E-state index is 12.4. The third kappa shape index (κ3) is 6.35. The topological polar surface area (TPSA) is 69.0 Å². The van der Waals surface area contributed by atoms with E-state index in [-0.39, 0.29) is 18.3 Å². The molecule has 0 aliphatic rings. The number of amides is 1. The summed E-state index contributed by atoms with van der Waals surface area (Å²) in [5, 5.41) is 12.7. The van der Waals surface area contributed by atoms with E-state index in [1.807, 2.05) is 48.7 Å². The normalized spacial score (nSPS) is 10.7. The van der Waals surface area contributed by atoms with Gasteiger partial charge in [0.2, 0.25) is 5.91 Å². The third-order valence-corrected chi connectivity index (χ3v) is 6.19. The zero-order valence-electron chi connectivity index (χ0n) is 17.2. The SMILES string of the molecule is C=CCn1c(COc2ccc(Cl)cc2C)nnc1SCC(=O)Nc1ccc(C)cc1Br. The molecule has 1 heterocycles. The number of halogens is 2. The van der Waals surface area contributed by atoms with Crippen molar-refractivity contribution in [1.29, 1.82) is 0 Å². The average molecular weight is 522 g/mol. The van der Waals surface area contributed by atoms with Crippen molar-refractivity contribution in [3.05, 3.63) is 75.5 Å². The van der Waals surface area contributed by atoms with E-state index < -0.39 is 0 Å². The van der Waals surface area contributed by atoms with Crippen LogP contribution in [0.3, 0.4) is 0 Å². The lowest BCUT2D eigenvalue weighted by Crippen LogP contribution is -2.15. The van der Waals surface area contributed by atoms with E-state index in [0.29, 0.717) is 22.5 Å². The van der Waals surface area contributed by atoms with Gasteiger partial charge in [-0.15, -0.1) is 16.8 Å². The number of ether oxygens (including phenoxy) is 1. The number of rotatable bonds is 9. The van der Waals surface area contributed by atoms with E-state index in [1.165, 1.54) is 11.8 Å². The number of aryl methyl sites for hydroxylation is 2. The van der Waals surface area contributed by atoms with Gasteiger partial charge in [-0.25, -0.2) is 0 Å². The molecule has 0 fully saturated rings. The number of anilines is 1. The van der Waals surface area contributed by atoms with Crippen LogP contribution in [0, 0.1) is 13.8 Å². The van der Waals surface area contributed by atoms with Gasteiger partial charge in [0.25, 0.3) is 0 Å². The quantitative estimate of drug-likeness (QED) is 0.284. The number of benzene rings is 2. The van der Waals surface area contributed by atoms with E-state index in [0.717, 1.165) is 27.0 Å². The van der Waals surface area contributed by atoms with E-state index >= 15 is 0 Å². The Balaban J connectivity index is 1.64. The minimum atomic E-state index is -0.128. The molecule has 0 saturated carbocycles. The third-order valence-electron chi connectivity index (χ3n) is 4.33. The fraction of sp³-hybridized carbons (Fsp3) is 0.227. The number of aromatic nitrogens is 3. The first-order chi connectivity index (χ1) is 14.9. The van der Waals surface area contributed by atoms with Crippen LogP contribution in [0.1, 0.15) is 17.0 Å². The smallest absolute Gasteiger partial charge is 0.234 e. The molecule has 162 valence electrons. The number of nitrogens with zero attached hydrogens (tertiary/aromatic N) is 3. The molecule has 0 unspecified atom stereocenters. The number of thioether (sulfide) groups is 1. The number of nitrogens with one attached hydrogen (secondary N) is 1. The van der Waals surface area contributed by atoms with Crippen LogP contribution in [-0.4, -0.2) is 26.4 Å². The highest BCUT2D eigenvalue weighted by molar-refractivity contribution is 9.10. The molecule has 0 aliphatic carbocycles. The Hall–Kier alpha value is -2.29. The van der Waals surface area contributed by atoms with Gasteiger partial charge in [-0.1, -0.05) is 35.5 Å². The van der Waals surface area contributed by atoms with Crippen molar-refractivity contribution in [2.24, 2.45) is 0 Å². The first kappa shape index (κ1) is 23.4. The highest BCUT2D eigenvalue weighted by Crippen LogP contribution is 2.25. The highest BCUT2D eigenvalue weighted by atomic mass is 79.9. The second kappa shape index (κ2) is 10.8. The molecule has 0 spiro atoms. The Labute approximate surface area is 199 Å². The fourth-order valence-electron chi connectivity index (χ4n) is 2.80. The van der Waals surface area contributed by atoms with Gasteiger partial charge in [0, 0.05) is 16.0 Å². The van der Waals surface area contributed by atoms with Crippen LogP contribution >= 0.6 is 39.3 Å². The number of allylic oxidation sites excluding steroid dienone is 1. The van der Waals surface area contributed by atoms with Gasteiger partial charge in [0.1, 0.15) is 12.4 Å². The Morgan fingerprint density at radius 3 is 2.81 bits per heavy atom. The van der Waals surface area contributed by atoms with Crippen molar-refractivity contribution < 1.29 is 9.53 Å². The molecule has 3 aromatic rings. The Bertz CT molecular complexity index is 1100. The number of hydrogen-bond donors (Lipinski definition) is 1. The molecule has 1 N–H and O–H groups in total. The summed E-state index contributed by atoms with van der Waals surface area (Å²) in [5.41, 5.74) is 2.78. The summed E-state index contributed by atoms with van der Waals surface area (Å²) in [7, 11) is 0. The summed E-state index contributed by atoms with van der Waals surface area (Å²) in [6, 6.07) is 11.2. The second-order valence-electron chi connectivity index (χ2n) is 6.82. The number of hydrogen-bond acceptors (Lipinski definition) is 5. The molecule has 31 heavy (non-hydrogen) atoms. The van der Waals surface area contributed by atoms with E-state index in [4.69, 9.17) is 16.3 Å². The molecule has 0 aliphatic heterocycles. The first-order valence-electron chi connectivity index (χ1n) is 9.48. The molecule has 2 aromatic carbocycles. The van der Waals surface area contributed by atoms with Crippen LogP contribution in [0.15, 0.2) is 58.7 Å². The van der Waals surface area contributed by atoms with Crippen molar-refractivity contribution in [1.82, 2.24) is 14.8 Å². The van der Waals surface area contributed by atoms with Crippen molar-refractivity contribution in [3.63, 3.8) is 0 Å². The van der Waals surface area contributed by atoms with Crippen LogP contribution < -0.4 is 10.1 Å². The van der Waals surface area contributed by atoms with Gasteiger partial charge in [0.15, 0.2) is 11.0 Å². The van der Waals surface area contributed by atoms with Crippen LogP contribution in [0.25, 0.3) is 0 Å². The molecule has 0 bridgehead atoms. The Morgan fingerprint density at radius 2 is 2.10 bits per heavy atom. The lowest BCUT2D eigenvalue weighted by atomic mass is 10.2. The molecular formula is C22H22BrClN4O2S. The molecule has 3 rings (SSSR count). The zero-order valence-corrected chi connectivity index (χ0v) is 20.4. The summed E-state index contributed by atoms with van der Waals surface area (Å²) in [6.45, 7) is 8.48. The van der Waals surface area contributed by atoms with Gasteiger partial charge in [-0.3, -0.25) is 9.36 Å². The lowest BCUT2D eigenvalue weighted by molar-refractivity contribution is -0.113. The number of carbonyl (C=O) groups is 1. The minimum absolute atomic E-state index is 0.128. The summed E-state index contributed by atoms with van der Waals surface area (Å²) < 4.78 is 8.63. The predicted molar refractivity (Wildman–Crippen MR) is 129 cm³/mol. The molecular weight excluding hydrogens is 500 g/mol. The maximum atomic E-state index is 12.4. The van der Waals surface area contributed by atoms with E-state index in [2.05, 4.69) is 38.0 Å². The summed E-state index contributed by atoms with van der Waals surface area (Å²) in [6.07, 6.45) is 1.76. The monoisotopic (exact) mass is 520 g/mol. The second-order valence-corrected chi connectivity index (χ2v) is 9.05. The van der Waals surface area contributed by atoms with Gasteiger partial charge in [-0.2, -0.15) is 0 Å². The van der Waals surface area contributed by atoms with Crippen LogP contribution in [0.4, 0.5) is 5.69 Å². The Morgan fingerprint density at radius 1 is 1.29 bits per heavy atom. The van der Waals surface area contributed by atoms with Crippen LogP contribution in [-0.2, 0) is 17.9 Å². The Kier molecular flexibility index (Phi) is 8.17. The van der Waals surface area contributed by atoms with Gasteiger partial charge in [-0.05, 0) is 71.2 Å². The summed E-state index contributed by atoms with van der Waals surface area (Å²) in [5.74, 6) is 1.46. The van der Waals surface area contributed by atoms with Crippen LogP contribution in [0.5, 0.6) is 5.75 Å². The average Bonchev–Trinajstić information content (AvgIpc) is 3.10. The summed E-state index contributed by atoms with van der Waals surface area (Å²) in [4.78, 5) is 12.4. The largest absolute Gasteiger partial charge is 0.485 e. The molecule has 1 amide bonds. The van der Waals surface area contributed by atoms with E-state index in [1.54, 1.807) is 12.1 Å². The molecule has 0 radical (unpaired) electrons. The van der Waals surface area contributed by atoms with Crippen molar-refractivity contribution in [3.8, 4) is 5.75 Å². The van der Waals surface area contributed by atoms with Gasteiger partial charge >= 0.3 is 0 Å². The van der Waals surface area contributed by atoms with E-state index in [9.17, 15) is 4.79 Å². The molecule has 0 saturated heterocycles. The standard InChI is InChI=1S/C22H22BrClN4O2S/c1-4-9-28-20(12-30-19-8-6-16(24)11-15(19)3)26-27-22(28)31-13-21(29)25-18-7-5-14(2)10-17(18)23/h4-8,10-11H,1,9,12-13H2,2-3H3,(H,25,29). The maximum Gasteiger partial charge on any atom is 0.234 e. The lowest BCUT2D eigenvalue weighted by Gasteiger charge is -2.11. The predicted octanol–water partition coefficient (Wildman–Crippen LogP) is 5.81. The molecule has 0 atom stereocenters. The fourth-order valence-corrected chi connectivity index (χ4v) is 4.39. The van der Waals surface area contributed by atoms with Gasteiger partial charge in [0.05, 0.1) is 11.4 Å². The zero-order chi connectivity index (χ0) is 22.4. The van der Waals surface area contributed by atoms with Crippen molar-refractivity contribution >= 4 is 50.9 Å². The van der Waals surface area contributed by atoms with Crippen LogP contribution in [0.2, 0.25) is 5.02 Å². The number of carbonyl (C=O) groups excluding carboxylic acids is 1. The molecule has 9 heteroatoms. The van der Waals surface area contributed by atoms with Crippen molar-refractivity contribution in [2.45, 2.75) is 32.2 Å². The molecule has 1 aromatic heterocycles. The summed E-state index contributed by atoms with van der Waals surface area (Å²) >= 11 is 10.8. The highest BCUT2D eigenvalue weighted by Gasteiger charge is 2.15. The first-order valence-corrected chi connectivity index (χ1v) is 11.6. The van der Waals surface area contributed by atoms with Gasteiger partial charge < -0.3 is 10.1 Å². The molecule has 6 nitrogen and oxygen atoms in total. The minimum Gasteiger partial charge on any atom is -0.485 e. The van der Waals surface area contributed by atoms with Crippen molar-refractivity contribution in [2.75, 3.05) is 11.1 Å².